The maximum Gasteiger partial charge on any atom is 0.179 e. The Morgan fingerprint density at radius 1 is 1.40 bits per heavy atom. The third kappa shape index (κ3) is 2.59. The fourth-order valence-corrected chi connectivity index (χ4v) is 1.98. The second-order valence-electron chi connectivity index (χ2n) is 3.89. The quantitative estimate of drug-likeness (QED) is 0.336. The van der Waals surface area contributed by atoms with Crippen molar-refractivity contribution in [1.82, 2.24) is 5.43 Å². The van der Waals surface area contributed by atoms with E-state index in [0.717, 1.165) is 12.8 Å². The van der Waals surface area contributed by atoms with Gasteiger partial charge in [-0.1, -0.05) is 19.3 Å². The van der Waals surface area contributed by atoms with E-state index in [1.165, 1.54) is 19.3 Å². The molecule has 0 spiro atoms. The first-order valence-electron chi connectivity index (χ1n) is 5.48. The second kappa shape index (κ2) is 4.98. The summed E-state index contributed by atoms with van der Waals surface area (Å²) >= 11 is 0. The Bertz CT molecular complexity index is 313. The number of nitrogens with two attached hydrogens (primary N) is 1. The van der Waals surface area contributed by atoms with Crippen molar-refractivity contribution in [2.24, 2.45) is 10.8 Å². The van der Waals surface area contributed by atoms with Gasteiger partial charge >= 0.3 is 0 Å². The number of hydrogen-bond donors (Lipinski definition) is 2. The van der Waals surface area contributed by atoms with Gasteiger partial charge in [0, 0.05) is 0 Å². The molecule has 1 aromatic rings. The molecule has 3 N–H and O–H groups in total. The van der Waals surface area contributed by atoms with Crippen LogP contribution in [0.15, 0.2) is 27.8 Å². The minimum Gasteiger partial charge on any atom is -0.461 e. The number of hydrazine groups is 1. The van der Waals surface area contributed by atoms with Crippen LogP contribution < -0.4 is 11.3 Å². The molecular weight excluding hydrogens is 190 g/mol. The molecule has 15 heavy (non-hydrogen) atoms. The molecule has 4 heteroatoms. The average molecular weight is 207 g/mol. The van der Waals surface area contributed by atoms with Crippen LogP contribution in [0.25, 0.3) is 0 Å². The van der Waals surface area contributed by atoms with Crippen molar-refractivity contribution in [2.75, 3.05) is 0 Å². The van der Waals surface area contributed by atoms with E-state index in [9.17, 15) is 0 Å². The molecule has 1 aliphatic carbocycles. The number of hydrogen-bond acceptors (Lipinski definition) is 3. The molecule has 82 valence electrons. The Labute approximate surface area is 89.5 Å². The highest BCUT2D eigenvalue weighted by Crippen LogP contribution is 2.20. The molecule has 0 unspecified atom stereocenters. The number of amidine groups is 1. The Hall–Kier alpha value is -1.29. The van der Waals surface area contributed by atoms with Gasteiger partial charge in [-0.2, -0.15) is 0 Å². The predicted molar refractivity (Wildman–Crippen MR) is 59.4 cm³/mol. The molecular formula is C11H17N3O. The highest BCUT2D eigenvalue weighted by Gasteiger charge is 2.14. The lowest BCUT2D eigenvalue weighted by Crippen LogP contribution is -2.32. The minimum absolute atomic E-state index is 0.398. The van der Waals surface area contributed by atoms with Crippen molar-refractivity contribution < 1.29 is 4.42 Å². The minimum atomic E-state index is 0.398. The van der Waals surface area contributed by atoms with Crippen LogP contribution in [0.1, 0.15) is 37.9 Å². The molecule has 1 saturated carbocycles. The van der Waals surface area contributed by atoms with E-state index in [4.69, 9.17) is 10.3 Å². The van der Waals surface area contributed by atoms with E-state index in [2.05, 4.69) is 10.4 Å². The van der Waals surface area contributed by atoms with Crippen molar-refractivity contribution in [1.29, 1.82) is 0 Å². The Kier molecular flexibility index (Phi) is 3.40. The lowest BCUT2D eigenvalue weighted by molar-refractivity contribution is 0.441. The number of rotatable bonds is 2. The van der Waals surface area contributed by atoms with Gasteiger partial charge in [-0.3, -0.25) is 4.99 Å². The van der Waals surface area contributed by atoms with E-state index in [1.807, 2.05) is 12.1 Å². The zero-order chi connectivity index (χ0) is 10.5. The predicted octanol–water partition coefficient (Wildman–Crippen LogP) is 1.82. The molecule has 0 aliphatic heterocycles. The molecule has 2 rings (SSSR count). The fourth-order valence-electron chi connectivity index (χ4n) is 1.98. The maximum atomic E-state index is 5.44. The van der Waals surface area contributed by atoms with Crippen LogP contribution in [0.4, 0.5) is 0 Å². The Morgan fingerprint density at radius 3 is 2.80 bits per heavy atom. The first kappa shape index (κ1) is 10.2. The number of furan rings is 1. The van der Waals surface area contributed by atoms with Crippen LogP contribution >= 0.6 is 0 Å². The third-order valence-electron chi connectivity index (χ3n) is 2.78. The lowest BCUT2D eigenvalue weighted by Gasteiger charge is -2.18. The highest BCUT2D eigenvalue weighted by molar-refractivity contribution is 5.95. The van der Waals surface area contributed by atoms with Crippen LogP contribution in [-0.4, -0.2) is 11.9 Å². The second-order valence-corrected chi connectivity index (χ2v) is 3.89. The first-order chi connectivity index (χ1) is 7.40. The summed E-state index contributed by atoms with van der Waals surface area (Å²) in [6.45, 7) is 0. The SMILES string of the molecule is NNC(=NC1CCCCC1)c1ccco1. The van der Waals surface area contributed by atoms with Crippen molar-refractivity contribution in [3.05, 3.63) is 24.2 Å². The fraction of sp³-hybridized carbons (Fsp3) is 0.545. The molecule has 0 aromatic carbocycles. The van der Waals surface area contributed by atoms with Crippen LogP contribution in [-0.2, 0) is 0 Å². The normalized spacial score (nSPS) is 19.1. The molecule has 1 aliphatic rings. The van der Waals surface area contributed by atoms with Gasteiger partial charge in [-0.25, -0.2) is 5.84 Å². The van der Waals surface area contributed by atoms with Crippen LogP contribution in [0.2, 0.25) is 0 Å². The maximum absolute atomic E-state index is 5.44. The number of aliphatic imine (C=N–C) groups is 1. The first-order valence-corrected chi connectivity index (χ1v) is 5.48. The molecule has 1 heterocycles. The van der Waals surface area contributed by atoms with E-state index in [-0.39, 0.29) is 0 Å². The summed E-state index contributed by atoms with van der Waals surface area (Å²) in [5.74, 6) is 6.81. The zero-order valence-electron chi connectivity index (χ0n) is 8.78. The van der Waals surface area contributed by atoms with Gasteiger partial charge in [-0.05, 0) is 25.0 Å². The molecule has 0 atom stereocenters. The summed E-state index contributed by atoms with van der Waals surface area (Å²) in [6.07, 6.45) is 7.81. The summed E-state index contributed by atoms with van der Waals surface area (Å²) < 4.78 is 5.25. The molecule has 1 aromatic heterocycles. The standard InChI is InChI=1S/C11H17N3O/c12-14-11(10-7-4-8-15-10)13-9-5-2-1-3-6-9/h4,7-9H,1-3,5-6,12H2,(H,13,14). The molecule has 4 nitrogen and oxygen atoms in total. The summed E-state index contributed by atoms with van der Waals surface area (Å²) in [5, 5.41) is 0. The van der Waals surface area contributed by atoms with Crippen LogP contribution in [0, 0.1) is 0 Å². The molecule has 0 bridgehead atoms. The summed E-state index contributed by atoms with van der Waals surface area (Å²) in [7, 11) is 0. The van der Waals surface area contributed by atoms with E-state index < -0.39 is 0 Å². The molecule has 0 saturated heterocycles. The summed E-state index contributed by atoms with van der Waals surface area (Å²) in [6, 6.07) is 4.10. The number of nitrogens with one attached hydrogen (secondary N) is 1. The molecule has 0 radical (unpaired) electrons. The van der Waals surface area contributed by atoms with Gasteiger partial charge in [0.1, 0.15) is 0 Å². The Morgan fingerprint density at radius 2 is 2.20 bits per heavy atom. The lowest BCUT2D eigenvalue weighted by atomic mass is 9.96. The highest BCUT2D eigenvalue weighted by atomic mass is 16.3. The average Bonchev–Trinajstić information content (AvgIpc) is 2.81. The monoisotopic (exact) mass is 207 g/mol. The third-order valence-corrected chi connectivity index (χ3v) is 2.78. The Balaban J connectivity index is 2.08. The van der Waals surface area contributed by atoms with Gasteiger partial charge in [-0.15, -0.1) is 0 Å². The van der Waals surface area contributed by atoms with E-state index in [0.29, 0.717) is 17.6 Å². The molecule has 0 amide bonds. The van der Waals surface area contributed by atoms with Crippen LogP contribution in [0.5, 0.6) is 0 Å². The van der Waals surface area contributed by atoms with Crippen molar-refractivity contribution in [3.63, 3.8) is 0 Å². The smallest absolute Gasteiger partial charge is 0.179 e. The van der Waals surface area contributed by atoms with Crippen molar-refractivity contribution in [3.8, 4) is 0 Å². The zero-order valence-corrected chi connectivity index (χ0v) is 8.78. The van der Waals surface area contributed by atoms with Gasteiger partial charge in [0.05, 0.1) is 12.3 Å². The number of nitrogens with zero attached hydrogens (tertiary/aromatic N) is 1. The summed E-state index contributed by atoms with van der Waals surface area (Å²) in [4.78, 5) is 4.58. The van der Waals surface area contributed by atoms with Crippen molar-refractivity contribution >= 4 is 5.84 Å². The summed E-state index contributed by atoms with van der Waals surface area (Å²) in [5.41, 5.74) is 2.61. The van der Waals surface area contributed by atoms with Gasteiger partial charge < -0.3 is 9.84 Å². The van der Waals surface area contributed by atoms with Gasteiger partial charge in [0.2, 0.25) is 0 Å². The van der Waals surface area contributed by atoms with Crippen molar-refractivity contribution in [2.45, 2.75) is 38.1 Å². The largest absolute Gasteiger partial charge is 0.461 e. The van der Waals surface area contributed by atoms with Gasteiger partial charge in [0.15, 0.2) is 11.6 Å². The topological polar surface area (TPSA) is 63.5 Å². The van der Waals surface area contributed by atoms with Gasteiger partial charge in [0.25, 0.3) is 0 Å². The molecule has 1 fully saturated rings. The van der Waals surface area contributed by atoms with Crippen LogP contribution in [0.3, 0.4) is 0 Å². The van der Waals surface area contributed by atoms with E-state index in [1.54, 1.807) is 6.26 Å². The van der Waals surface area contributed by atoms with E-state index >= 15 is 0 Å².